The van der Waals surface area contributed by atoms with E-state index in [1.54, 1.807) is 21.3 Å². The van der Waals surface area contributed by atoms with Crippen LogP contribution in [0.4, 0.5) is 0 Å². The highest BCUT2D eigenvalue weighted by Crippen LogP contribution is 2.38. The van der Waals surface area contributed by atoms with Crippen molar-refractivity contribution < 1.29 is 14.2 Å². The van der Waals surface area contributed by atoms with E-state index in [-0.39, 0.29) is 18.4 Å². The first kappa shape index (κ1) is 20.6. The molecule has 2 aromatic carbocycles. The second-order valence-electron chi connectivity index (χ2n) is 5.19. The predicted octanol–water partition coefficient (Wildman–Crippen LogP) is 4.75. The van der Waals surface area contributed by atoms with Gasteiger partial charge in [-0.1, -0.05) is 28.1 Å². The molecule has 0 heterocycles. The highest BCUT2D eigenvalue weighted by atomic mass is 79.9. The minimum absolute atomic E-state index is 0. The molecule has 0 aliphatic carbocycles. The Bertz CT molecular complexity index is 641. The number of methoxy groups -OCH3 is 3. The standard InChI is InChI=1S/C18H22BrNO3.ClH/c1-12(14-6-5-7-15(19)10-14)20-11-13-8-16(21-2)18(23-4)17(9-13)22-3;/h5-10,12,20H,11H2,1-4H3;1H. The van der Waals surface area contributed by atoms with Crippen LogP contribution in [0.5, 0.6) is 17.2 Å². The summed E-state index contributed by atoms with van der Waals surface area (Å²) in [6.45, 7) is 2.84. The molecule has 6 heteroatoms. The minimum atomic E-state index is 0. The Hall–Kier alpha value is -1.43. The lowest BCUT2D eigenvalue weighted by atomic mass is 10.1. The maximum absolute atomic E-state index is 5.39. The van der Waals surface area contributed by atoms with Crippen LogP contribution in [0.3, 0.4) is 0 Å². The molecule has 0 saturated carbocycles. The van der Waals surface area contributed by atoms with Crippen LogP contribution in [0.15, 0.2) is 40.9 Å². The molecule has 1 N–H and O–H groups in total. The molecule has 0 radical (unpaired) electrons. The molecule has 0 bridgehead atoms. The first-order valence-electron chi connectivity index (χ1n) is 7.36. The van der Waals surface area contributed by atoms with Crippen molar-refractivity contribution in [3.05, 3.63) is 52.0 Å². The lowest BCUT2D eigenvalue weighted by Gasteiger charge is -2.17. The molecule has 0 aliphatic heterocycles. The largest absolute Gasteiger partial charge is 0.493 e. The molecule has 24 heavy (non-hydrogen) atoms. The third-order valence-electron chi connectivity index (χ3n) is 3.69. The van der Waals surface area contributed by atoms with Crippen LogP contribution in [0.1, 0.15) is 24.1 Å². The number of ether oxygens (including phenoxy) is 3. The normalized spacial score (nSPS) is 11.4. The van der Waals surface area contributed by atoms with Gasteiger partial charge < -0.3 is 19.5 Å². The molecule has 1 unspecified atom stereocenters. The quantitative estimate of drug-likeness (QED) is 0.707. The summed E-state index contributed by atoms with van der Waals surface area (Å²) in [7, 11) is 4.85. The van der Waals surface area contributed by atoms with Crippen LogP contribution >= 0.6 is 28.3 Å². The van der Waals surface area contributed by atoms with Crippen LogP contribution in [-0.2, 0) is 6.54 Å². The second-order valence-corrected chi connectivity index (χ2v) is 6.11. The first-order valence-corrected chi connectivity index (χ1v) is 8.16. The number of nitrogens with one attached hydrogen (secondary N) is 1. The van der Waals surface area contributed by atoms with Gasteiger partial charge in [0.2, 0.25) is 5.75 Å². The summed E-state index contributed by atoms with van der Waals surface area (Å²) in [4.78, 5) is 0. The molecule has 0 aromatic heterocycles. The number of rotatable bonds is 7. The van der Waals surface area contributed by atoms with E-state index < -0.39 is 0 Å². The van der Waals surface area contributed by atoms with E-state index >= 15 is 0 Å². The fraction of sp³-hybridized carbons (Fsp3) is 0.333. The van der Waals surface area contributed by atoms with Crippen LogP contribution < -0.4 is 19.5 Å². The third kappa shape index (κ3) is 5.03. The van der Waals surface area contributed by atoms with E-state index in [4.69, 9.17) is 14.2 Å². The van der Waals surface area contributed by atoms with Gasteiger partial charge in [-0.05, 0) is 42.3 Å². The average Bonchev–Trinajstić information content (AvgIpc) is 2.58. The molecule has 0 fully saturated rings. The smallest absolute Gasteiger partial charge is 0.203 e. The van der Waals surface area contributed by atoms with Crippen LogP contribution in [0, 0.1) is 0 Å². The molecule has 132 valence electrons. The summed E-state index contributed by atoms with van der Waals surface area (Å²) in [5, 5.41) is 3.51. The molecule has 1 atom stereocenters. The average molecular weight is 417 g/mol. The van der Waals surface area contributed by atoms with Gasteiger partial charge in [0.1, 0.15) is 0 Å². The molecular formula is C18H23BrClNO3. The summed E-state index contributed by atoms with van der Waals surface area (Å²) in [5.74, 6) is 1.94. The first-order chi connectivity index (χ1) is 11.1. The van der Waals surface area contributed by atoms with Gasteiger partial charge in [0, 0.05) is 17.1 Å². The highest BCUT2D eigenvalue weighted by molar-refractivity contribution is 9.10. The van der Waals surface area contributed by atoms with Crippen molar-refractivity contribution in [3.8, 4) is 17.2 Å². The molecule has 2 rings (SSSR count). The Kier molecular flexibility index (Phi) is 8.39. The topological polar surface area (TPSA) is 39.7 Å². The van der Waals surface area contributed by atoms with Crippen LogP contribution in [0.25, 0.3) is 0 Å². The summed E-state index contributed by atoms with van der Waals surface area (Å²) in [6, 6.07) is 12.4. The van der Waals surface area contributed by atoms with Crippen molar-refractivity contribution in [2.45, 2.75) is 19.5 Å². The van der Waals surface area contributed by atoms with Gasteiger partial charge in [0.15, 0.2) is 11.5 Å². The van der Waals surface area contributed by atoms with Gasteiger partial charge in [-0.2, -0.15) is 0 Å². The number of halogens is 2. The fourth-order valence-corrected chi connectivity index (χ4v) is 2.82. The van der Waals surface area contributed by atoms with E-state index in [1.165, 1.54) is 5.56 Å². The lowest BCUT2D eigenvalue weighted by Crippen LogP contribution is -2.18. The van der Waals surface area contributed by atoms with Crippen molar-refractivity contribution in [1.82, 2.24) is 5.32 Å². The Morgan fingerprint density at radius 3 is 2.12 bits per heavy atom. The summed E-state index contributed by atoms with van der Waals surface area (Å²) >= 11 is 3.51. The lowest BCUT2D eigenvalue weighted by molar-refractivity contribution is 0.323. The van der Waals surface area contributed by atoms with Gasteiger partial charge in [-0.3, -0.25) is 0 Å². The highest BCUT2D eigenvalue weighted by Gasteiger charge is 2.13. The van der Waals surface area contributed by atoms with Gasteiger partial charge in [-0.15, -0.1) is 12.4 Å². The van der Waals surface area contributed by atoms with Gasteiger partial charge in [-0.25, -0.2) is 0 Å². The van der Waals surface area contributed by atoms with Crippen molar-refractivity contribution in [2.75, 3.05) is 21.3 Å². The predicted molar refractivity (Wildman–Crippen MR) is 103 cm³/mol. The SMILES string of the molecule is COc1cc(CNC(C)c2cccc(Br)c2)cc(OC)c1OC.Cl. The molecule has 0 aliphatic rings. The maximum atomic E-state index is 5.39. The van der Waals surface area contributed by atoms with Gasteiger partial charge in [0.05, 0.1) is 21.3 Å². The Balaban J connectivity index is 0.00000288. The summed E-state index contributed by atoms with van der Waals surface area (Å²) in [5.41, 5.74) is 2.30. The number of hydrogen-bond donors (Lipinski definition) is 1. The third-order valence-corrected chi connectivity index (χ3v) is 4.18. The zero-order valence-corrected chi connectivity index (χ0v) is 16.7. The van der Waals surface area contributed by atoms with E-state index in [0.29, 0.717) is 23.8 Å². The van der Waals surface area contributed by atoms with Crippen molar-refractivity contribution in [2.24, 2.45) is 0 Å². The maximum Gasteiger partial charge on any atom is 0.203 e. The Morgan fingerprint density at radius 1 is 1.00 bits per heavy atom. The van der Waals surface area contributed by atoms with E-state index in [2.05, 4.69) is 40.3 Å². The molecular weight excluding hydrogens is 394 g/mol. The Morgan fingerprint density at radius 2 is 1.62 bits per heavy atom. The molecule has 0 spiro atoms. The van der Waals surface area contributed by atoms with Crippen LogP contribution in [-0.4, -0.2) is 21.3 Å². The Labute approximate surface area is 158 Å². The van der Waals surface area contributed by atoms with Crippen molar-refractivity contribution in [1.29, 1.82) is 0 Å². The monoisotopic (exact) mass is 415 g/mol. The van der Waals surface area contributed by atoms with E-state index in [0.717, 1.165) is 10.0 Å². The summed E-state index contributed by atoms with van der Waals surface area (Å²) < 4.78 is 17.2. The number of hydrogen-bond acceptors (Lipinski definition) is 4. The van der Waals surface area contributed by atoms with Crippen molar-refractivity contribution in [3.63, 3.8) is 0 Å². The van der Waals surface area contributed by atoms with Gasteiger partial charge >= 0.3 is 0 Å². The van der Waals surface area contributed by atoms with Gasteiger partial charge in [0.25, 0.3) is 0 Å². The number of benzene rings is 2. The second kappa shape index (κ2) is 9.77. The zero-order valence-electron chi connectivity index (χ0n) is 14.3. The molecule has 4 nitrogen and oxygen atoms in total. The fourth-order valence-electron chi connectivity index (χ4n) is 2.40. The van der Waals surface area contributed by atoms with Crippen molar-refractivity contribution >= 4 is 28.3 Å². The molecule has 0 amide bonds. The zero-order chi connectivity index (χ0) is 16.8. The molecule has 0 saturated heterocycles. The van der Waals surface area contributed by atoms with E-state index in [9.17, 15) is 0 Å². The van der Waals surface area contributed by atoms with Crippen LogP contribution in [0.2, 0.25) is 0 Å². The summed E-state index contributed by atoms with van der Waals surface area (Å²) in [6.07, 6.45) is 0. The van der Waals surface area contributed by atoms with E-state index in [1.807, 2.05) is 24.3 Å². The molecule has 2 aromatic rings. The minimum Gasteiger partial charge on any atom is -0.493 e.